The maximum atomic E-state index is 11.6. The van der Waals surface area contributed by atoms with Crippen molar-refractivity contribution in [2.45, 2.75) is 31.6 Å². The highest BCUT2D eigenvalue weighted by atomic mass is 16.6. The Balaban J connectivity index is 2.71. The van der Waals surface area contributed by atoms with Crippen molar-refractivity contribution in [2.24, 2.45) is 0 Å². The van der Waals surface area contributed by atoms with Gasteiger partial charge in [-0.15, -0.1) is 0 Å². The van der Waals surface area contributed by atoms with E-state index in [0.717, 1.165) is 30.3 Å². The normalized spacial score (nSPS) is 12.7. The Morgan fingerprint density at radius 2 is 1.16 bits per heavy atom. The van der Waals surface area contributed by atoms with Crippen LogP contribution in [-0.2, 0) is 0 Å². The Hall–Kier alpha value is -4.00. The predicted octanol–water partition coefficient (Wildman–Crippen LogP) is 3.98. The fraction of sp³-hybridized carbons (Fsp3) is 0.333. The number of hydrogen-bond donors (Lipinski definition) is 1. The summed E-state index contributed by atoms with van der Waals surface area (Å²) in [6.07, 6.45) is 0.744. The minimum absolute atomic E-state index is 0.0239. The van der Waals surface area contributed by atoms with Crippen molar-refractivity contribution in [3.8, 4) is 0 Å². The predicted molar refractivity (Wildman–Crippen MR) is 107 cm³/mol. The molecule has 0 aliphatic heterocycles. The van der Waals surface area contributed by atoms with Gasteiger partial charge in [0.25, 0.3) is 22.7 Å². The molecule has 0 fully saturated rings. The molecule has 2 unspecified atom stereocenters. The summed E-state index contributed by atoms with van der Waals surface area (Å²) < 4.78 is 0. The molecule has 164 valence electrons. The topological polar surface area (TPSA) is 193 Å². The molecule has 2 aromatic rings. The van der Waals surface area contributed by atoms with Gasteiger partial charge in [0.05, 0.1) is 38.4 Å². The van der Waals surface area contributed by atoms with Gasteiger partial charge >= 0.3 is 0 Å². The lowest BCUT2D eigenvalue weighted by atomic mass is 9.78. The fourth-order valence-electron chi connectivity index (χ4n) is 3.56. The van der Waals surface area contributed by atoms with Gasteiger partial charge < -0.3 is 5.11 Å². The van der Waals surface area contributed by atoms with Crippen molar-refractivity contribution in [1.82, 2.24) is 0 Å². The van der Waals surface area contributed by atoms with Crippen molar-refractivity contribution in [3.05, 3.63) is 88.0 Å². The first-order chi connectivity index (χ1) is 14.6. The van der Waals surface area contributed by atoms with E-state index in [4.69, 9.17) is 0 Å². The molecule has 2 rings (SSSR count). The first-order valence-electron chi connectivity index (χ1n) is 9.08. The second-order valence-electron chi connectivity index (χ2n) is 6.70. The average molecular weight is 434 g/mol. The summed E-state index contributed by atoms with van der Waals surface area (Å²) in [7, 11) is 0. The van der Waals surface area contributed by atoms with Crippen LogP contribution in [0.2, 0.25) is 0 Å². The Morgan fingerprint density at radius 3 is 1.48 bits per heavy atom. The average Bonchev–Trinajstić information content (AvgIpc) is 2.72. The lowest BCUT2D eigenvalue weighted by Gasteiger charge is -2.26. The summed E-state index contributed by atoms with van der Waals surface area (Å²) in [5.74, 6) is -1.82. The van der Waals surface area contributed by atoms with Crippen LogP contribution in [0, 0.1) is 40.5 Å². The number of nitro benzene ring substituents is 4. The third-order valence-electron chi connectivity index (χ3n) is 4.92. The molecule has 31 heavy (non-hydrogen) atoms. The van der Waals surface area contributed by atoms with Gasteiger partial charge in [-0.05, 0) is 24.5 Å². The molecular formula is C18H18N4O9. The maximum absolute atomic E-state index is 11.6. The molecule has 0 heterocycles. The lowest BCUT2D eigenvalue weighted by Crippen LogP contribution is -2.18. The van der Waals surface area contributed by atoms with Crippen molar-refractivity contribution in [3.63, 3.8) is 0 Å². The van der Waals surface area contributed by atoms with E-state index in [1.165, 1.54) is 6.07 Å². The van der Waals surface area contributed by atoms with Crippen LogP contribution in [-0.4, -0.2) is 31.4 Å². The van der Waals surface area contributed by atoms with Gasteiger partial charge in [0.15, 0.2) is 0 Å². The first kappa shape index (κ1) is 23.3. The summed E-state index contributed by atoms with van der Waals surface area (Å²) in [6, 6.07) is 6.07. The molecule has 0 amide bonds. The molecule has 0 aliphatic rings. The SMILES string of the molecule is CCCC(c1ccc([N+](=O)[O-])cc1[N+](=O)[O-])C(CO)c1ccc([N+](=O)[O-])cc1[N+](=O)[O-]. The third kappa shape index (κ3) is 4.95. The molecule has 0 saturated heterocycles. The highest BCUT2D eigenvalue weighted by Crippen LogP contribution is 2.44. The summed E-state index contributed by atoms with van der Waals surface area (Å²) in [5, 5.41) is 55.2. The van der Waals surface area contributed by atoms with Crippen molar-refractivity contribution in [2.75, 3.05) is 6.61 Å². The number of hydrogen-bond acceptors (Lipinski definition) is 9. The van der Waals surface area contributed by atoms with Crippen molar-refractivity contribution >= 4 is 22.7 Å². The number of nitrogens with zero attached hydrogens (tertiary/aromatic N) is 4. The Bertz CT molecular complexity index is 1040. The minimum atomic E-state index is -1.01. The number of aliphatic hydroxyl groups is 1. The van der Waals surface area contributed by atoms with Gasteiger partial charge in [-0.25, -0.2) is 0 Å². The highest BCUT2D eigenvalue weighted by molar-refractivity contribution is 5.55. The van der Waals surface area contributed by atoms with Crippen molar-refractivity contribution in [1.29, 1.82) is 0 Å². The Kier molecular flexibility index (Phi) is 7.26. The first-order valence-corrected chi connectivity index (χ1v) is 9.08. The van der Waals surface area contributed by atoms with Gasteiger partial charge in [-0.2, -0.15) is 0 Å². The minimum Gasteiger partial charge on any atom is -0.396 e. The lowest BCUT2D eigenvalue weighted by molar-refractivity contribution is -0.395. The monoisotopic (exact) mass is 434 g/mol. The molecule has 13 heteroatoms. The van der Waals surface area contributed by atoms with E-state index < -0.39 is 60.9 Å². The third-order valence-corrected chi connectivity index (χ3v) is 4.92. The fourth-order valence-corrected chi connectivity index (χ4v) is 3.56. The molecule has 0 aromatic heterocycles. The summed E-state index contributed by atoms with van der Waals surface area (Å²) >= 11 is 0. The number of non-ortho nitro benzene ring substituents is 2. The van der Waals surface area contributed by atoms with E-state index >= 15 is 0 Å². The Labute approximate surface area is 174 Å². The number of nitro groups is 4. The van der Waals surface area contributed by atoms with Crippen LogP contribution in [0.4, 0.5) is 22.7 Å². The van der Waals surface area contributed by atoms with E-state index in [1.807, 2.05) is 0 Å². The highest BCUT2D eigenvalue weighted by Gasteiger charge is 2.35. The molecule has 0 bridgehead atoms. The van der Waals surface area contributed by atoms with Crippen LogP contribution in [0.3, 0.4) is 0 Å². The maximum Gasteiger partial charge on any atom is 0.279 e. The van der Waals surface area contributed by atoms with Crippen LogP contribution in [0.1, 0.15) is 42.7 Å². The van der Waals surface area contributed by atoms with Crippen LogP contribution >= 0.6 is 0 Å². The molecule has 2 atom stereocenters. The van der Waals surface area contributed by atoms with Gasteiger partial charge in [0.2, 0.25) is 0 Å². The quantitative estimate of drug-likeness (QED) is 0.425. The summed E-state index contributed by atoms with van der Waals surface area (Å²) in [4.78, 5) is 42.0. The summed E-state index contributed by atoms with van der Waals surface area (Å²) in [5.41, 5.74) is -2.10. The van der Waals surface area contributed by atoms with E-state index in [2.05, 4.69) is 0 Å². The second-order valence-corrected chi connectivity index (χ2v) is 6.70. The van der Waals surface area contributed by atoms with Crippen LogP contribution in [0.25, 0.3) is 0 Å². The molecule has 0 saturated carbocycles. The van der Waals surface area contributed by atoms with E-state index in [1.54, 1.807) is 6.92 Å². The number of rotatable bonds is 10. The second kappa shape index (κ2) is 9.67. The standard InChI is InChI=1S/C18H18N4O9/c1-2-3-13(14-6-4-11(19(24)25)8-17(14)21(28)29)16(10-23)15-7-5-12(20(26)27)9-18(15)22(30)31/h4-9,13,16,23H,2-3,10H2,1H3. The van der Waals surface area contributed by atoms with E-state index in [0.29, 0.717) is 6.42 Å². The zero-order valence-electron chi connectivity index (χ0n) is 16.2. The van der Waals surface area contributed by atoms with E-state index in [9.17, 15) is 45.6 Å². The number of aliphatic hydroxyl groups excluding tert-OH is 1. The van der Waals surface area contributed by atoms with Gasteiger partial charge in [0.1, 0.15) is 0 Å². The molecule has 0 aliphatic carbocycles. The van der Waals surface area contributed by atoms with Crippen LogP contribution in [0.5, 0.6) is 0 Å². The largest absolute Gasteiger partial charge is 0.396 e. The Morgan fingerprint density at radius 1 is 0.742 bits per heavy atom. The van der Waals surface area contributed by atoms with Gasteiger partial charge in [-0.3, -0.25) is 40.5 Å². The zero-order chi connectivity index (χ0) is 23.3. The molecule has 1 N–H and O–H groups in total. The zero-order valence-corrected chi connectivity index (χ0v) is 16.2. The van der Waals surface area contributed by atoms with Gasteiger partial charge in [-0.1, -0.05) is 13.3 Å². The molecule has 0 radical (unpaired) electrons. The van der Waals surface area contributed by atoms with Crippen LogP contribution < -0.4 is 0 Å². The molecule has 0 spiro atoms. The molecular weight excluding hydrogens is 416 g/mol. The number of benzene rings is 2. The van der Waals surface area contributed by atoms with Crippen LogP contribution in [0.15, 0.2) is 36.4 Å². The van der Waals surface area contributed by atoms with Gasteiger partial charge in [0, 0.05) is 29.2 Å². The molecule has 13 nitrogen and oxygen atoms in total. The smallest absolute Gasteiger partial charge is 0.279 e. The summed E-state index contributed by atoms with van der Waals surface area (Å²) in [6.45, 7) is 1.13. The van der Waals surface area contributed by atoms with E-state index in [-0.39, 0.29) is 17.5 Å². The van der Waals surface area contributed by atoms with Crippen molar-refractivity contribution < 1.29 is 24.8 Å². The molecule has 2 aromatic carbocycles.